The number of nitrogens with one attached hydrogen (secondary N) is 2. The summed E-state index contributed by atoms with van der Waals surface area (Å²) in [6, 6.07) is 8.27. The number of nitrogens with zero attached hydrogens (tertiary/aromatic N) is 4. The monoisotopic (exact) mass is 486 g/mol. The van der Waals surface area contributed by atoms with E-state index in [2.05, 4.69) is 25.4 Å². The number of aliphatic imine (C=N–C) groups is 1. The summed E-state index contributed by atoms with van der Waals surface area (Å²) in [4.78, 5) is 6.54. The molecule has 1 fully saturated rings. The second-order valence-electron chi connectivity index (χ2n) is 9.43. The summed E-state index contributed by atoms with van der Waals surface area (Å²) in [5.41, 5.74) is 2.32. The van der Waals surface area contributed by atoms with Gasteiger partial charge in [-0.1, -0.05) is 42.8 Å². The number of hydrogen-bond acceptors (Lipinski definition) is 6. The van der Waals surface area contributed by atoms with Crippen molar-refractivity contribution in [2.24, 2.45) is 16.8 Å². The Balaban J connectivity index is 1.41. The van der Waals surface area contributed by atoms with Gasteiger partial charge in [-0.25, -0.2) is 0 Å². The van der Waals surface area contributed by atoms with E-state index >= 15 is 0 Å². The Morgan fingerprint density at radius 3 is 2.54 bits per heavy atom. The molecule has 0 saturated carbocycles. The first-order valence-electron chi connectivity index (χ1n) is 12.3. The van der Waals surface area contributed by atoms with Crippen LogP contribution in [0.5, 0.6) is 0 Å². The SMILES string of the molecule is CN=C(CC=N)c1nnc(N2CCC(NCC3=CCCC(C(F)(F)F)C3C)CC2)c2ccccc12. The maximum Gasteiger partial charge on any atom is 0.392 e. The molecule has 2 unspecified atom stereocenters. The molecule has 0 bridgehead atoms. The zero-order chi connectivity index (χ0) is 25.0. The number of benzene rings is 1. The van der Waals surface area contributed by atoms with Crippen LogP contribution < -0.4 is 10.2 Å². The fourth-order valence-corrected chi connectivity index (χ4v) is 5.31. The molecule has 35 heavy (non-hydrogen) atoms. The molecule has 9 heteroatoms. The van der Waals surface area contributed by atoms with Crippen LogP contribution >= 0.6 is 0 Å². The number of hydrogen-bond donors (Lipinski definition) is 2. The molecule has 1 aromatic heterocycles. The summed E-state index contributed by atoms with van der Waals surface area (Å²) in [6.07, 6.45) is 2.04. The predicted molar refractivity (Wildman–Crippen MR) is 135 cm³/mol. The van der Waals surface area contributed by atoms with E-state index < -0.39 is 18.0 Å². The van der Waals surface area contributed by atoms with Crippen molar-refractivity contribution in [2.75, 3.05) is 31.6 Å². The quantitative estimate of drug-likeness (QED) is 0.418. The molecule has 0 spiro atoms. The highest BCUT2D eigenvalue weighted by atomic mass is 19.4. The van der Waals surface area contributed by atoms with Crippen molar-refractivity contribution in [2.45, 2.75) is 51.2 Å². The molecule has 2 aromatic rings. The molecule has 0 amide bonds. The molecule has 6 nitrogen and oxygen atoms in total. The summed E-state index contributed by atoms with van der Waals surface area (Å²) < 4.78 is 40.0. The Hall–Kier alpha value is -2.81. The number of halogens is 3. The molecule has 1 aliphatic carbocycles. The van der Waals surface area contributed by atoms with Crippen LogP contribution in [0, 0.1) is 17.2 Å². The summed E-state index contributed by atoms with van der Waals surface area (Å²) in [5, 5.41) is 22.0. The average molecular weight is 487 g/mol. The zero-order valence-electron chi connectivity index (χ0n) is 20.3. The van der Waals surface area contributed by atoms with E-state index in [9.17, 15) is 13.2 Å². The Morgan fingerprint density at radius 2 is 1.89 bits per heavy atom. The van der Waals surface area contributed by atoms with Gasteiger partial charge in [0.15, 0.2) is 5.82 Å². The topological polar surface area (TPSA) is 77.3 Å². The molecule has 188 valence electrons. The summed E-state index contributed by atoms with van der Waals surface area (Å²) in [6.45, 7) is 3.81. The fraction of sp³-hybridized carbons (Fsp3) is 0.538. The molecule has 1 saturated heterocycles. The van der Waals surface area contributed by atoms with Gasteiger partial charge in [0.05, 0.1) is 11.6 Å². The first-order valence-corrected chi connectivity index (χ1v) is 12.3. The van der Waals surface area contributed by atoms with Gasteiger partial charge in [0.25, 0.3) is 0 Å². The molecule has 2 N–H and O–H groups in total. The molecule has 2 heterocycles. The molecule has 0 radical (unpaired) electrons. The Morgan fingerprint density at radius 1 is 1.17 bits per heavy atom. The van der Waals surface area contributed by atoms with Gasteiger partial charge < -0.3 is 15.6 Å². The molecule has 1 aromatic carbocycles. The standard InChI is InChI=1S/C26H33F3N6/c1-17-18(6-5-9-22(17)26(27,28)29)16-32-19-11-14-35(15-12-19)25-21-8-4-3-7-20(21)24(33-34-25)23(31-2)10-13-30/h3-4,6-8,13,17,19,22,30,32H,5,9-12,14-16H2,1-2H3. The molecule has 2 atom stereocenters. The minimum atomic E-state index is -4.13. The predicted octanol–water partition coefficient (Wildman–Crippen LogP) is 5.18. The largest absolute Gasteiger partial charge is 0.392 e. The van der Waals surface area contributed by atoms with Gasteiger partial charge in [-0.15, -0.1) is 10.2 Å². The minimum Gasteiger partial charge on any atom is -0.354 e. The van der Waals surface area contributed by atoms with Crippen LogP contribution in [0.4, 0.5) is 19.0 Å². The van der Waals surface area contributed by atoms with E-state index in [0.29, 0.717) is 25.1 Å². The Labute approximate surface area is 204 Å². The minimum absolute atomic E-state index is 0.188. The fourth-order valence-electron chi connectivity index (χ4n) is 5.31. The average Bonchev–Trinajstić information content (AvgIpc) is 2.86. The highest BCUT2D eigenvalue weighted by molar-refractivity contribution is 6.14. The van der Waals surface area contributed by atoms with Gasteiger partial charge in [0, 0.05) is 56.1 Å². The van der Waals surface area contributed by atoms with Crippen LogP contribution in [-0.2, 0) is 0 Å². The smallest absolute Gasteiger partial charge is 0.354 e. The van der Waals surface area contributed by atoms with Gasteiger partial charge in [0.1, 0.15) is 5.69 Å². The molecular weight excluding hydrogens is 453 g/mol. The van der Waals surface area contributed by atoms with E-state index in [1.54, 1.807) is 14.0 Å². The van der Waals surface area contributed by atoms with Crippen molar-refractivity contribution in [1.82, 2.24) is 15.5 Å². The molecule has 4 rings (SSSR count). The number of alkyl halides is 3. The van der Waals surface area contributed by atoms with Crippen LogP contribution in [0.3, 0.4) is 0 Å². The van der Waals surface area contributed by atoms with Crippen LogP contribution in [-0.4, -0.2) is 61.0 Å². The van der Waals surface area contributed by atoms with Crippen LogP contribution in [0.15, 0.2) is 40.9 Å². The van der Waals surface area contributed by atoms with E-state index in [4.69, 9.17) is 5.41 Å². The van der Waals surface area contributed by atoms with Gasteiger partial charge >= 0.3 is 6.18 Å². The van der Waals surface area contributed by atoms with Crippen molar-refractivity contribution in [3.63, 3.8) is 0 Å². The second-order valence-corrected chi connectivity index (χ2v) is 9.43. The third kappa shape index (κ3) is 5.55. The van der Waals surface area contributed by atoms with Crippen LogP contribution in [0.1, 0.15) is 44.7 Å². The lowest BCUT2D eigenvalue weighted by atomic mass is 9.79. The lowest BCUT2D eigenvalue weighted by molar-refractivity contribution is -0.187. The van der Waals surface area contributed by atoms with Crippen molar-refractivity contribution in [3.05, 3.63) is 41.6 Å². The van der Waals surface area contributed by atoms with Gasteiger partial charge in [-0.05, 0) is 31.6 Å². The summed E-state index contributed by atoms with van der Waals surface area (Å²) >= 11 is 0. The molecule has 1 aliphatic heterocycles. The third-order valence-electron chi connectivity index (χ3n) is 7.39. The second kappa shape index (κ2) is 10.8. The molecule has 2 aliphatic rings. The Bertz CT molecular complexity index is 1100. The number of piperidine rings is 1. The van der Waals surface area contributed by atoms with Crippen LogP contribution in [0.25, 0.3) is 10.8 Å². The maximum absolute atomic E-state index is 13.3. The number of allylic oxidation sites excluding steroid dienone is 1. The summed E-state index contributed by atoms with van der Waals surface area (Å²) in [5.74, 6) is -0.872. The lowest BCUT2D eigenvalue weighted by Crippen LogP contribution is -2.44. The highest BCUT2D eigenvalue weighted by Crippen LogP contribution is 2.41. The Kier molecular flexibility index (Phi) is 7.84. The van der Waals surface area contributed by atoms with E-state index in [1.807, 2.05) is 30.3 Å². The van der Waals surface area contributed by atoms with Gasteiger partial charge in [0.2, 0.25) is 0 Å². The van der Waals surface area contributed by atoms with Crippen molar-refractivity contribution < 1.29 is 13.2 Å². The lowest BCUT2D eigenvalue weighted by Gasteiger charge is -2.35. The molecular formula is C26H33F3N6. The van der Waals surface area contributed by atoms with E-state index in [-0.39, 0.29) is 12.5 Å². The van der Waals surface area contributed by atoms with Crippen LogP contribution in [0.2, 0.25) is 0 Å². The maximum atomic E-state index is 13.3. The van der Waals surface area contributed by atoms with Crippen molar-refractivity contribution in [1.29, 1.82) is 5.41 Å². The van der Waals surface area contributed by atoms with Crippen molar-refractivity contribution >= 4 is 28.5 Å². The number of anilines is 1. The highest BCUT2D eigenvalue weighted by Gasteiger charge is 2.44. The van der Waals surface area contributed by atoms with Gasteiger partial charge in [-0.2, -0.15) is 13.2 Å². The number of fused-ring (bicyclic) bond motifs is 1. The van der Waals surface area contributed by atoms with E-state index in [0.717, 1.165) is 53.8 Å². The first-order chi connectivity index (χ1) is 16.8. The third-order valence-corrected chi connectivity index (χ3v) is 7.39. The van der Waals surface area contributed by atoms with E-state index in [1.165, 1.54) is 6.21 Å². The number of aromatic nitrogens is 2. The van der Waals surface area contributed by atoms with Crippen molar-refractivity contribution in [3.8, 4) is 0 Å². The van der Waals surface area contributed by atoms with Gasteiger partial charge in [-0.3, -0.25) is 4.99 Å². The number of rotatable bonds is 7. The first kappa shape index (κ1) is 25.3. The normalized spacial score (nSPS) is 22.4. The summed E-state index contributed by atoms with van der Waals surface area (Å²) in [7, 11) is 1.70. The zero-order valence-corrected chi connectivity index (χ0v) is 20.3.